The number of methoxy groups -OCH3 is 2. The van der Waals surface area contributed by atoms with E-state index in [1.165, 1.54) is 0 Å². The third-order valence-electron chi connectivity index (χ3n) is 2.95. The van der Waals surface area contributed by atoms with E-state index >= 15 is 0 Å². The second-order valence-corrected chi connectivity index (χ2v) is 4.25. The van der Waals surface area contributed by atoms with Crippen LogP contribution in [0, 0.1) is 0 Å². The van der Waals surface area contributed by atoms with E-state index < -0.39 is 6.10 Å². The highest BCUT2D eigenvalue weighted by molar-refractivity contribution is 5.36. The Morgan fingerprint density at radius 1 is 0.950 bits per heavy atom. The van der Waals surface area contributed by atoms with Crippen molar-refractivity contribution in [2.45, 2.75) is 6.10 Å². The predicted molar refractivity (Wildman–Crippen MR) is 76.4 cm³/mol. The highest BCUT2D eigenvalue weighted by Crippen LogP contribution is 2.26. The SMILES string of the molecule is COc1cccc(OCC(O)c2ccccc2OC)c1. The zero-order chi connectivity index (χ0) is 14.4. The van der Waals surface area contributed by atoms with Crippen LogP contribution in [-0.2, 0) is 0 Å². The summed E-state index contributed by atoms with van der Waals surface area (Å²) in [4.78, 5) is 0. The molecule has 2 rings (SSSR count). The largest absolute Gasteiger partial charge is 0.497 e. The van der Waals surface area contributed by atoms with E-state index in [2.05, 4.69) is 0 Å². The highest BCUT2D eigenvalue weighted by atomic mass is 16.5. The molecule has 0 amide bonds. The quantitative estimate of drug-likeness (QED) is 0.880. The summed E-state index contributed by atoms with van der Waals surface area (Å²) in [6, 6.07) is 14.6. The van der Waals surface area contributed by atoms with Gasteiger partial charge < -0.3 is 19.3 Å². The fourth-order valence-electron chi connectivity index (χ4n) is 1.90. The van der Waals surface area contributed by atoms with E-state index in [0.717, 1.165) is 0 Å². The van der Waals surface area contributed by atoms with Crippen molar-refractivity contribution in [3.63, 3.8) is 0 Å². The van der Waals surface area contributed by atoms with Gasteiger partial charge in [0.1, 0.15) is 30.0 Å². The summed E-state index contributed by atoms with van der Waals surface area (Å²) in [6.45, 7) is 0.146. The number of para-hydroxylation sites is 1. The summed E-state index contributed by atoms with van der Waals surface area (Å²) in [6.07, 6.45) is -0.752. The molecule has 106 valence electrons. The van der Waals surface area contributed by atoms with Gasteiger partial charge in [-0.15, -0.1) is 0 Å². The average molecular weight is 274 g/mol. The smallest absolute Gasteiger partial charge is 0.124 e. The van der Waals surface area contributed by atoms with Crippen LogP contribution in [0.15, 0.2) is 48.5 Å². The Balaban J connectivity index is 2.02. The first-order valence-electron chi connectivity index (χ1n) is 6.32. The molecule has 2 aromatic rings. The lowest BCUT2D eigenvalue weighted by molar-refractivity contribution is 0.105. The van der Waals surface area contributed by atoms with Crippen molar-refractivity contribution in [3.05, 3.63) is 54.1 Å². The Labute approximate surface area is 118 Å². The molecule has 0 fully saturated rings. The van der Waals surface area contributed by atoms with Crippen LogP contribution >= 0.6 is 0 Å². The maximum atomic E-state index is 10.2. The van der Waals surface area contributed by atoms with Crippen molar-refractivity contribution in [2.75, 3.05) is 20.8 Å². The van der Waals surface area contributed by atoms with E-state index in [-0.39, 0.29) is 6.61 Å². The Bertz CT molecular complexity index is 554. The van der Waals surface area contributed by atoms with Crippen molar-refractivity contribution in [1.29, 1.82) is 0 Å². The lowest BCUT2D eigenvalue weighted by Gasteiger charge is -2.15. The van der Waals surface area contributed by atoms with E-state index in [4.69, 9.17) is 14.2 Å². The molecule has 1 N–H and O–H groups in total. The summed E-state index contributed by atoms with van der Waals surface area (Å²) in [5.41, 5.74) is 0.706. The minimum Gasteiger partial charge on any atom is -0.497 e. The van der Waals surface area contributed by atoms with Gasteiger partial charge in [0.15, 0.2) is 0 Å². The molecular weight excluding hydrogens is 256 g/mol. The van der Waals surface area contributed by atoms with Crippen LogP contribution in [0.4, 0.5) is 0 Å². The predicted octanol–water partition coefficient (Wildman–Crippen LogP) is 2.82. The van der Waals surface area contributed by atoms with Gasteiger partial charge in [0.25, 0.3) is 0 Å². The summed E-state index contributed by atoms with van der Waals surface area (Å²) in [5.74, 6) is 2.02. The van der Waals surface area contributed by atoms with Crippen LogP contribution in [0.3, 0.4) is 0 Å². The molecule has 20 heavy (non-hydrogen) atoms. The Morgan fingerprint density at radius 2 is 1.70 bits per heavy atom. The third kappa shape index (κ3) is 3.42. The molecule has 4 nitrogen and oxygen atoms in total. The number of rotatable bonds is 6. The first-order chi connectivity index (χ1) is 9.74. The first kappa shape index (κ1) is 14.2. The normalized spacial score (nSPS) is 11.8. The number of ether oxygens (including phenoxy) is 3. The summed E-state index contributed by atoms with van der Waals surface area (Å²) >= 11 is 0. The molecule has 0 aliphatic rings. The number of benzene rings is 2. The van der Waals surface area contributed by atoms with E-state index in [1.807, 2.05) is 42.5 Å². The second-order valence-electron chi connectivity index (χ2n) is 4.25. The molecule has 0 radical (unpaired) electrons. The lowest BCUT2D eigenvalue weighted by Crippen LogP contribution is -2.10. The van der Waals surface area contributed by atoms with Gasteiger partial charge in [-0.3, -0.25) is 0 Å². The van der Waals surface area contributed by atoms with Crippen molar-refractivity contribution >= 4 is 0 Å². The lowest BCUT2D eigenvalue weighted by atomic mass is 10.1. The molecule has 2 aromatic carbocycles. The number of hydrogen-bond acceptors (Lipinski definition) is 4. The number of aliphatic hydroxyl groups is 1. The van der Waals surface area contributed by atoms with Crippen molar-refractivity contribution in [3.8, 4) is 17.2 Å². The maximum Gasteiger partial charge on any atom is 0.124 e. The molecule has 1 unspecified atom stereocenters. The summed E-state index contributed by atoms with van der Waals surface area (Å²) < 4.78 is 15.9. The van der Waals surface area contributed by atoms with Crippen LogP contribution in [0.5, 0.6) is 17.2 Å². The van der Waals surface area contributed by atoms with Crippen molar-refractivity contribution < 1.29 is 19.3 Å². The van der Waals surface area contributed by atoms with Gasteiger partial charge >= 0.3 is 0 Å². The van der Waals surface area contributed by atoms with E-state index in [1.54, 1.807) is 20.3 Å². The third-order valence-corrected chi connectivity index (χ3v) is 2.95. The molecule has 0 heterocycles. The van der Waals surface area contributed by atoms with Gasteiger partial charge in [0, 0.05) is 11.6 Å². The zero-order valence-electron chi connectivity index (χ0n) is 11.6. The van der Waals surface area contributed by atoms with Crippen LogP contribution in [-0.4, -0.2) is 25.9 Å². The molecule has 0 spiro atoms. The van der Waals surface area contributed by atoms with E-state index in [0.29, 0.717) is 22.8 Å². The van der Waals surface area contributed by atoms with E-state index in [9.17, 15) is 5.11 Å². The van der Waals surface area contributed by atoms with Crippen molar-refractivity contribution in [2.24, 2.45) is 0 Å². The second kappa shape index (κ2) is 6.82. The molecule has 0 saturated carbocycles. The summed E-state index contributed by atoms with van der Waals surface area (Å²) in [7, 11) is 3.18. The number of hydrogen-bond donors (Lipinski definition) is 1. The molecule has 0 aliphatic carbocycles. The van der Waals surface area contributed by atoms with Gasteiger partial charge in [-0.25, -0.2) is 0 Å². The summed E-state index contributed by atoms with van der Waals surface area (Å²) in [5, 5.41) is 10.2. The topological polar surface area (TPSA) is 47.9 Å². The first-order valence-corrected chi connectivity index (χ1v) is 6.32. The Morgan fingerprint density at radius 3 is 2.45 bits per heavy atom. The van der Waals surface area contributed by atoms with Crippen molar-refractivity contribution in [1.82, 2.24) is 0 Å². The van der Waals surface area contributed by atoms with Gasteiger partial charge in [0.05, 0.1) is 14.2 Å². The minimum atomic E-state index is -0.752. The highest BCUT2D eigenvalue weighted by Gasteiger charge is 2.13. The molecule has 0 aliphatic heterocycles. The molecule has 0 bridgehead atoms. The van der Waals surface area contributed by atoms with Gasteiger partial charge in [-0.2, -0.15) is 0 Å². The Kier molecular flexibility index (Phi) is 4.85. The fraction of sp³-hybridized carbons (Fsp3) is 0.250. The molecular formula is C16H18O4. The zero-order valence-corrected chi connectivity index (χ0v) is 11.6. The van der Waals surface area contributed by atoms with Crippen LogP contribution in [0.1, 0.15) is 11.7 Å². The monoisotopic (exact) mass is 274 g/mol. The molecule has 0 saturated heterocycles. The van der Waals surface area contributed by atoms with Gasteiger partial charge in [-0.05, 0) is 18.2 Å². The maximum absolute atomic E-state index is 10.2. The minimum absolute atomic E-state index is 0.146. The van der Waals surface area contributed by atoms with Crippen LogP contribution in [0.25, 0.3) is 0 Å². The van der Waals surface area contributed by atoms with Crippen LogP contribution < -0.4 is 14.2 Å². The van der Waals surface area contributed by atoms with Gasteiger partial charge in [0.2, 0.25) is 0 Å². The average Bonchev–Trinajstić information content (AvgIpc) is 2.52. The van der Waals surface area contributed by atoms with Crippen LogP contribution in [0.2, 0.25) is 0 Å². The Hall–Kier alpha value is -2.20. The number of aliphatic hydroxyl groups excluding tert-OH is 1. The molecule has 1 atom stereocenters. The standard InChI is InChI=1S/C16H18O4/c1-18-12-6-5-7-13(10-12)20-11-15(17)14-8-3-4-9-16(14)19-2/h3-10,15,17H,11H2,1-2H3. The fourth-order valence-corrected chi connectivity index (χ4v) is 1.90. The molecule has 4 heteroatoms. The molecule has 0 aromatic heterocycles. The van der Waals surface area contributed by atoms with Gasteiger partial charge in [-0.1, -0.05) is 24.3 Å².